The molecule has 6 aromatic rings. The van der Waals surface area contributed by atoms with E-state index in [0.717, 1.165) is 43.4 Å². The molecule has 0 aliphatic carbocycles. The van der Waals surface area contributed by atoms with Crippen LogP contribution in [0.15, 0.2) is 120 Å². The second-order valence-electron chi connectivity index (χ2n) is 8.77. The Morgan fingerprint density at radius 3 is 1.44 bits per heavy atom. The predicted octanol–water partition coefficient (Wildman–Crippen LogP) is 7.63. The number of benzene rings is 3. The van der Waals surface area contributed by atoms with E-state index in [2.05, 4.69) is 44.1 Å². The molecule has 7 heteroatoms. The Morgan fingerprint density at radius 1 is 0.462 bits per heavy atom. The predicted molar refractivity (Wildman–Crippen MR) is 155 cm³/mol. The first-order chi connectivity index (χ1) is 19.2. The molecule has 0 amide bonds. The van der Waals surface area contributed by atoms with Crippen molar-refractivity contribution >= 4 is 15.9 Å². The Bertz CT molecular complexity index is 1800. The summed E-state index contributed by atoms with van der Waals surface area (Å²) in [6.45, 7) is 0. The molecule has 0 aliphatic heterocycles. The summed E-state index contributed by atoms with van der Waals surface area (Å²) in [4.78, 5) is 22.8. The average Bonchev–Trinajstić information content (AvgIpc) is 3.01. The summed E-state index contributed by atoms with van der Waals surface area (Å²) < 4.78 is 0.922. The Labute approximate surface area is 233 Å². The number of pyridine rings is 2. The van der Waals surface area contributed by atoms with Crippen molar-refractivity contribution in [3.63, 3.8) is 0 Å². The maximum Gasteiger partial charge on any atom is 0.164 e. The molecular weight excluding hydrogens is 548 g/mol. The fourth-order valence-electron chi connectivity index (χ4n) is 4.24. The third-order valence-corrected chi connectivity index (χ3v) is 6.69. The molecule has 0 fully saturated rings. The van der Waals surface area contributed by atoms with Crippen molar-refractivity contribution in [2.75, 3.05) is 0 Å². The minimum absolute atomic E-state index is 0.569. The number of rotatable bonds is 5. The molecule has 0 radical (unpaired) electrons. The second kappa shape index (κ2) is 10.7. The summed E-state index contributed by atoms with van der Waals surface area (Å²) in [6.07, 6.45) is 7.01. The lowest BCUT2D eigenvalue weighted by molar-refractivity contribution is 1.07. The molecule has 0 unspecified atom stereocenters. The lowest BCUT2D eigenvalue weighted by atomic mass is 10.0. The summed E-state index contributed by atoms with van der Waals surface area (Å²) in [5.74, 6) is 1.71. The molecule has 0 atom stereocenters. The zero-order valence-corrected chi connectivity index (χ0v) is 22.1. The fourth-order valence-corrected chi connectivity index (χ4v) is 4.74. The van der Waals surface area contributed by atoms with Crippen molar-refractivity contribution in [1.82, 2.24) is 24.9 Å². The van der Waals surface area contributed by atoms with E-state index in [1.165, 1.54) is 0 Å². The van der Waals surface area contributed by atoms with Crippen molar-refractivity contribution < 1.29 is 0 Å². The zero-order valence-electron chi connectivity index (χ0n) is 20.5. The van der Waals surface area contributed by atoms with Crippen LogP contribution in [0.5, 0.6) is 0 Å². The van der Waals surface area contributed by atoms with Crippen LogP contribution in [0.25, 0.3) is 56.4 Å². The van der Waals surface area contributed by atoms with Gasteiger partial charge in [0.05, 0.1) is 11.6 Å². The van der Waals surface area contributed by atoms with Gasteiger partial charge in [0.2, 0.25) is 0 Å². The van der Waals surface area contributed by atoms with Gasteiger partial charge in [0.1, 0.15) is 0 Å². The molecule has 39 heavy (non-hydrogen) atoms. The van der Waals surface area contributed by atoms with E-state index in [4.69, 9.17) is 20.2 Å². The molecular formula is C32H19BrN6. The SMILES string of the molecule is N#Cc1ccc(-c2ccc(-c3nc(-c4ccncc4)nc(-c4cc(Br)cc(-c5ccncc5)c4)n3)cc2)cc1. The molecule has 0 N–H and O–H groups in total. The highest BCUT2D eigenvalue weighted by molar-refractivity contribution is 9.10. The van der Waals surface area contributed by atoms with E-state index in [9.17, 15) is 0 Å². The molecule has 3 heterocycles. The molecule has 0 bridgehead atoms. The van der Waals surface area contributed by atoms with E-state index >= 15 is 0 Å². The maximum atomic E-state index is 9.08. The third kappa shape index (κ3) is 5.33. The first-order valence-corrected chi connectivity index (χ1v) is 12.9. The molecule has 3 aromatic heterocycles. The Morgan fingerprint density at radius 2 is 0.872 bits per heavy atom. The van der Waals surface area contributed by atoms with Gasteiger partial charge in [-0.05, 0) is 76.9 Å². The lowest BCUT2D eigenvalue weighted by Crippen LogP contribution is -2.00. The van der Waals surface area contributed by atoms with Crippen LogP contribution in [0, 0.1) is 11.3 Å². The molecule has 3 aromatic carbocycles. The Kier molecular flexibility index (Phi) is 6.69. The quantitative estimate of drug-likeness (QED) is 0.213. The van der Waals surface area contributed by atoms with Gasteiger partial charge < -0.3 is 0 Å². The van der Waals surface area contributed by atoms with Gasteiger partial charge in [-0.15, -0.1) is 0 Å². The number of nitriles is 1. The Balaban J connectivity index is 1.45. The minimum Gasteiger partial charge on any atom is -0.265 e. The lowest BCUT2D eigenvalue weighted by Gasteiger charge is -2.11. The van der Waals surface area contributed by atoms with Gasteiger partial charge in [-0.3, -0.25) is 9.97 Å². The molecule has 6 nitrogen and oxygen atoms in total. The molecule has 0 saturated heterocycles. The third-order valence-electron chi connectivity index (χ3n) is 6.23. The summed E-state index contributed by atoms with van der Waals surface area (Å²) in [7, 11) is 0. The highest BCUT2D eigenvalue weighted by Crippen LogP contribution is 2.31. The van der Waals surface area contributed by atoms with Crippen LogP contribution >= 0.6 is 15.9 Å². The molecule has 6 rings (SSSR count). The molecule has 0 saturated carbocycles. The number of aromatic nitrogens is 5. The van der Waals surface area contributed by atoms with Gasteiger partial charge in [-0.25, -0.2) is 15.0 Å². The van der Waals surface area contributed by atoms with Gasteiger partial charge in [-0.1, -0.05) is 52.3 Å². The van der Waals surface area contributed by atoms with E-state index < -0.39 is 0 Å². The highest BCUT2D eigenvalue weighted by Gasteiger charge is 2.14. The van der Waals surface area contributed by atoms with Crippen LogP contribution in [0.3, 0.4) is 0 Å². The number of nitrogens with zero attached hydrogens (tertiary/aromatic N) is 6. The van der Waals surface area contributed by atoms with Crippen LogP contribution in [-0.2, 0) is 0 Å². The van der Waals surface area contributed by atoms with Crippen LogP contribution in [-0.4, -0.2) is 24.9 Å². The molecule has 0 spiro atoms. The molecule has 0 aliphatic rings. The van der Waals surface area contributed by atoms with E-state index in [1.54, 1.807) is 24.8 Å². The van der Waals surface area contributed by atoms with Crippen molar-refractivity contribution in [2.24, 2.45) is 0 Å². The minimum atomic E-state index is 0.569. The van der Waals surface area contributed by atoms with E-state index in [1.807, 2.05) is 78.9 Å². The van der Waals surface area contributed by atoms with Crippen molar-refractivity contribution in [3.8, 4) is 62.5 Å². The number of hydrogen-bond donors (Lipinski definition) is 0. The summed E-state index contributed by atoms with van der Waals surface area (Å²) >= 11 is 3.66. The van der Waals surface area contributed by atoms with Gasteiger partial charge >= 0.3 is 0 Å². The standard InChI is InChI=1S/C32H19BrN6/c33-29-18-27(24-9-13-35-14-10-24)17-28(19-29)32-38-30(37-31(39-32)26-11-15-36-16-12-26)25-7-5-23(6-8-25)22-3-1-21(20-34)2-4-22/h1-19H. The van der Waals surface area contributed by atoms with Gasteiger partial charge in [0, 0.05) is 46.0 Å². The van der Waals surface area contributed by atoms with Gasteiger partial charge in [-0.2, -0.15) is 5.26 Å². The van der Waals surface area contributed by atoms with Crippen LogP contribution in [0.2, 0.25) is 0 Å². The fraction of sp³-hybridized carbons (Fsp3) is 0. The van der Waals surface area contributed by atoms with E-state index in [0.29, 0.717) is 23.0 Å². The summed E-state index contributed by atoms with van der Waals surface area (Å²) in [5.41, 5.74) is 7.38. The van der Waals surface area contributed by atoms with Gasteiger partial charge in [0.25, 0.3) is 0 Å². The number of halogens is 1. The van der Waals surface area contributed by atoms with Crippen LogP contribution in [0.4, 0.5) is 0 Å². The second-order valence-corrected chi connectivity index (χ2v) is 9.69. The van der Waals surface area contributed by atoms with Crippen LogP contribution in [0.1, 0.15) is 5.56 Å². The van der Waals surface area contributed by atoms with Crippen molar-refractivity contribution in [2.45, 2.75) is 0 Å². The van der Waals surface area contributed by atoms with Crippen molar-refractivity contribution in [3.05, 3.63) is 126 Å². The van der Waals surface area contributed by atoms with Crippen LogP contribution < -0.4 is 0 Å². The average molecular weight is 567 g/mol. The first kappa shape index (κ1) is 24.3. The van der Waals surface area contributed by atoms with Crippen molar-refractivity contribution in [1.29, 1.82) is 5.26 Å². The normalized spacial score (nSPS) is 10.7. The van der Waals surface area contributed by atoms with E-state index in [-0.39, 0.29) is 0 Å². The van der Waals surface area contributed by atoms with Gasteiger partial charge in [0.15, 0.2) is 17.5 Å². The summed E-state index contributed by atoms with van der Waals surface area (Å²) in [6, 6.07) is 31.6. The monoisotopic (exact) mass is 566 g/mol. The zero-order chi connectivity index (χ0) is 26.6. The number of hydrogen-bond acceptors (Lipinski definition) is 6. The maximum absolute atomic E-state index is 9.08. The largest absolute Gasteiger partial charge is 0.265 e. The Hall–Kier alpha value is -5.06. The summed E-state index contributed by atoms with van der Waals surface area (Å²) in [5, 5.41) is 9.08. The smallest absolute Gasteiger partial charge is 0.164 e. The highest BCUT2D eigenvalue weighted by atomic mass is 79.9. The first-order valence-electron chi connectivity index (χ1n) is 12.1. The topological polar surface area (TPSA) is 88.2 Å². The molecule has 184 valence electrons.